The quantitative estimate of drug-likeness (QED) is 0.773. The summed E-state index contributed by atoms with van der Waals surface area (Å²) in [4.78, 5) is 24.5. The number of primary amides is 1. The van der Waals surface area contributed by atoms with Crippen molar-refractivity contribution in [2.24, 2.45) is 5.73 Å². The molecule has 1 amide bonds. The van der Waals surface area contributed by atoms with E-state index in [1.807, 2.05) is 0 Å². The Kier molecular flexibility index (Phi) is 4.84. The number of nitrogens with zero attached hydrogens (tertiary/aromatic N) is 1. The third-order valence-corrected chi connectivity index (χ3v) is 2.36. The first-order valence-electron chi connectivity index (χ1n) is 5.01. The van der Waals surface area contributed by atoms with Gasteiger partial charge in [0.1, 0.15) is 4.64 Å². The highest BCUT2D eigenvalue weighted by molar-refractivity contribution is 7.71. The average molecular weight is 297 g/mol. The number of hydrogen-bond acceptors (Lipinski definition) is 4. The van der Waals surface area contributed by atoms with E-state index in [2.05, 4.69) is 9.72 Å². The van der Waals surface area contributed by atoms with E-state index in [1.54, 1.807) is 0 Å². The topological polar surface area (TPSA) is 90.1 Å². The fourth-order valence-electron chi connectivity index (χ4n) is 1.32. The van der Waals surface area contributed by atoms with Crippen molar-refractivity contribution >= 4 is 18.1 Å². The van der Waals surface area contributed by atoms with Crippen LogP contribution in [0.25, 0.3) is 0 Å². The highest BCUT2D eigenvalue weighted by atomic mass is 32.1. The lowest BCUT2D eigenvalue weighted by Crippen LogP contribution is -2.29. The highest BCUT2D eigenvalue weighted by Crippen LogP contribution is 2.15. The van der Waals surface area contributed by atoms with Gasteiger partial charge in [0, 0.05) is 5.69 Å². The standard InChI is InChI=1S/C9H10F3N3O3S/c10-9(11,12)18-2-1-15-7(19)4-5(3-6(13)16)14-8(15)17/h4H,1-3H2,(H2,13,16)(H,14,17). The van der Waals surface area contributed by atoms with E-state index in [0.29, 0.717) is 0 Å². The molecule has 10 heteroatoms. The smallest absolute Gasteiger partial charge is 0.369 e. The Hall–Kier alpha value is -1.68. The number of carbonyl (C=O) groups excluding carboxylic acids is 1. The van der Waals surface area contributed by atoms with Gasteiger partial charge in [0.25, 0.3) is 0 Å². The summed E-state index contributed by atoms with van der Waals surface area (Å²) in [5.74, 6) is -0.664. The molecule has 1 aromatic heterocycles. The second-order valence-electron chi connectivity index (χ2n) is 3.53. The Labute approximate surface area is 110 Å². The predicted molar refractivity (Wildman–Crippen MR) is 60.8 cm³/mol. The molecule has 0 unspecified atom stereocenters. The zero-order valence-corrected chi connectivity index (χ0v) is 10.3. The number of ether oxygens (including phenoxy) is 1. The number of amides is 1. The molecule has 0 radical (unpaired) electrons. The van der Waals surface area contributed by atoms with Crippen LogP contribution in [-0.4, -0.2) is 28.4 Å². The van der Waals surface area contributed by atoms with Gasteiger partial charge in [-0.25, -0.2) is 4.79 Å². The molecule has 19 heavy (non-hydrogen) atoms. The number of alkyl halides is 3. The monoisotopic (exact) mass is 297 g/mol. The minimum atomic E-state index is -4.76. The van der Waals surface area contributed by atoms with Gasteiger partial charge in [0.15, 0.2) is 0 Å². The lowest BCUT2D eigenvalue weighted by atomic mass is 10.3. The number of carbonyl (C=O) groups is 1. The van der Waals surface area contributed by atoms with Crippen LogP contribution in [0.3, 0.4) is 0 Å². The molecular weight excluding hydrogens is 287 g/mol. The van der Waals surface area contributed by atoms with Crippen molar-refractivity contribution in [3.05, 3.63) is 26.9 Å². The molecule has 3 N–H and O–H groups in total. The van der Waals surface area contributed by atoms with Crippen LogP contribution in [0.15, 0.2) is 10.9 Å². The van der Waals surface area contributed by atoms with E-state index >= 15 is 0 Å². The Morgan fingerprint density at radius 2 is 2.16 bits per heavy atom. The number of aromatic nitrogens is 2. The van der Waals surface area contributed by atoms with E-state index < -0.39 is 24.6 Å². The molecule has 0 saturated carbocycles. The lowest BCUT2D eigenvalue weighted by molar-refractivity contribution is -0.325. The van der Waals surface area contributed by atoms with Crippen LogP contribution >= 0.6 is 12.2 Å². The molecule has 0 saturated heterocycles. The van der Waals surface area contributed by atoms with Crippen LogP contribution in [0.4, 0.5) is 13.2 Å². The van der Waals surface area contributed by atoms with Gasteiger partial charge in [-0.15, -0.1) is 13.2 Å². The van der Waals surface area contributed by atoms with Crippen LogP contribution < -0.4 is 11.4 Å². The van der Waals surface area contributed by atoms with Gasteiger partial charge >= 0.3 is 12.1 Å². The van der Waals surface area contributed by atoms with Gasteiger partial charge in [0.2, 0.25) is 5.91 Å². The van der Waals surface area contributed by atoms with Crippen molar-refractivity contribution in [1.29, 1.82) is 0 Å². The maximum Gasteiger partial charge on any atom is 0.522 e. The summed E-state index contributed by atoms with van der Waals surface area (Å²) in [6.07, 6.45) is -4.97. The van der Waals surface area contributed by atoms with Crippen LogP contribution in [0, 0.1) is 4.64 Å². The summed E-state index contributed by atoms with van der Waals surface area (Å²) in [6.45, 7) is -1.10. The SMILES string of the molecule is NC(=O)Cc1cc(=S)n(CCOC(F)(F)F)c(=O)[nH]1. The average Bonchev–Trinajstić information content (AvgIpc) is 2.19. The molecule has 106 valence electrons. The normalized spacial score (nSPS) is 11.5. The van der Waals surface area contributed by atoms with Gasteiger partial charge < -0.3 is 10.7 Å². The van der Waals surface area contributed by atoms with Gasteiger partial charge in [-0.2, -0.15) is 0 Å². The number of nitrogens with one attached hydrogen (secondary N) is 1. The van der Waals surface area contributed by atoms with Gasteiger partial charge in [0.05, 0.1) is 19.6 Å². The van der Waals surface area contributed by atoms with Crippen molar-refractivity contribution < 1.29 is 22.7 Å². The molecule has 0 aliphatic heterocycles. The van der Waals surface area contributed by atoms with Crippen molar-refractivity contribution in [1.82, 2.24) is 9.55 Å². The first-order chi connectivity index (χ1) is 8.69. The maximum atomic E-state index is 11.8. The summed E-state index contributed by atoms with van der Waals surface area (Å²) in [6, 6.07) is 1.29. The molecule has 0 fully saturated rings. The van der Waals surface area contributed by atoms with Crippen LogP contribution in [0.1, 0.15) is 5.69 Å². The Morgan fingerprint density at radius 3 is 2.63 bits per heavy atom. The number of rotatable bonds is 5. The van der Waals surface area contributed by atoms with E-state index in [0.717, 1.165) is 4.57 Å². The largest absolute Gasteiger partial charge is 0.522 e. The summed E-state index contributed by atoms with van der Waals surface area (Å²) >= 11 is 4.84. The summed E-state index contributed by atoms with van der Waals surface area (Å²) < 4.78 is 39.7. The minimum absolute atomic E-state index is 0.00854. The molecule has 1 heterocycles. The molecule has 1 aromatic rings. The lowest BCUT2D eigenvalue weighted by Gasteiger charge is -2.09. The van der Waals surface area contributed by atoms with Crippen molar-refractivity contribution in [2.45, 2.75) is 19.3 Å². The van der Waals surface area contributed by atoms with E-state index in [-0.39, 0.29) is 23.3 Å². The van der Waals surface area contributed by atoms with Gasteiger partial charge in [-0.05, 0) is 6.07 Å². The number of halogens is 3. The Morgan fingerprint density at radius 1 is 1.53 bits per heavy atom. The van der Waals surface area contributed by atoms with Crippen molar-refractivity contribution in [3.63, 3.8) is 0 Å². The molecule has 1 rings (SSSR count). The zero-order chi connectivity index (χ0) is 14.6. The van der Waals surface area contributed by atoms with E-state index in [9.17, 15) is 22.8 Å². The summed E-state index contributed by atoms with van der Waals surface area (Å²) in [7, 11) is 0. The van der Waals surface area contributed by atoms with E-state index in [1.165, 1.54) is 6.07 Å². The maximum absolute atomic E-state index is 11.8. The molecule has 0 aliphatic rings. The zero-order valence-electron chi connectivity index (χ0n) is 9.49. The van der Waals surface area contributed by atoms with Crippen LogP contribution in [0.5, 0.6) is 0 Å². The molecular formula is C9H10F3N3O3S. The third-order valence-electron chi connectivity index (χ3n) is 2.02. The van der Waals surface area contributed by atoms with Crippen molar-refractivity contribution in [2.75, 3.05) is 6.61 Å². The van der Waals surface area contributed by atoms with Crippen molar-refractivity contribution in [3.8, 4) is 0 Å². The summed E-state index contributed by atoms with van der Waals surface area (Å²) in [5.41, 5.74) is 4.42. The summed E-state index contributed by atoms with van der Waals surface area (Å²) in [5, 5.41) is 0. The molecule has 0 bridgehead atoms. The molecule has 0 atom stereocenters. The number of hydrogen-bond donors (Lipinski definition) is 2. The number of H-pyrrole nitrogens is 1. The first-order valence-corrected chi connectivity index (χ1v) is 5.42. The highest BCUT2D eigenvalue weighted by Gasteiger charge is 2.28. The fourth-order valence-corrected chi connectivity index (χ4v) is 1.63. The van der Waals surface area contributed by atoms with Crippen LogP contribution in [-0.2, 0) is 22.5 Å². The predicted octanol–water partition coefficient (Wildman–Crippen LogP) is 0.470. The molecule has 0 aromatic carbocycles. The Balaban J connectivity index is 2.84. The van der Waals surface area contributed by atoms with Gasteiger partial charge in [-0.1, -0.05) is 12.2 Å². The second kappa shape index (κ2) is 5.97. The second-order valence-corrected chi connectivity index (χ2v) is 3.95. The number of aromatic amines is 1. The molecule has 0 aliphatic carbocycles. The van der Waals surface area contributed by atoms with Gasteiger partial charge in [-0.3, -0.25) is 14.1 Å². The minimum Gasteiger partial charge on any atom is -0.369 e. The molecule has 6 nitrogen and oxygen atoms in total. The fraction of sp³-hybridized carbons (Fsp3) is 0.444. The number of nitrogens with two attached hydrogens (primary N) is 1. The Bertz CT molecular complexity index is 547. The third kappa shape index (κ3) is 5.22. The van der Waals surface area contributed by atoms with Crippen LogP contribution in [0.2, 0.25) is 0 Å². The van der Waals surface area contributed by atoms with E-state index in [4.69, 9.17) is 18.0 Å². The molecule has 0 spiro atoms. The first kappa shape index (κ1) is 15.4.